The van der Waals surface area contributed by atoms with E-state index in [0.717, 1.165) is 11.1 Å². The molecule has 2 aliphatic heterocycles. The van der Waals surface area contributed by atoms with Gasteiger partial charge in [0.1, 0.15) is 11.5 Å². The summed E-state index contributed by atoms with van der Waals surface area (Å²) >= 11 is 0. The Hall–Kier alpha value is -6.15. The molecule has 1 saturated heterocycles. The van der Waals surface area contributed by atoms with Crippen LogP contribution in [-0.4, -0.2) is 38.6 Å². The molecule has 0 N–H and O–H groups in total. The number of benzene rings is 5. The number of allylic oxidation sites excluding steroid dienone is 2. The Bertz CT molecular complexity index is 2100. The maximum Gasteiger partial charge on any atom is 0.239 e. The zero-order valence-corrected chi connectivity index (χ0v) is 27.3. The third-order valence-electron chi connectivity index (χ3n) is 10.8. The molecule has 0 spiro atoms. The van der Waals surface area contributed by atoms with Gasteiger partial charge in [0.05, 0.1) is 42.6 Å². The molecule has 2 bridgehead atoms. The molecule has 8 heteroatoms. The first-order valence-electron chi connectivity index (χ1n) is 16.4. The number of ether oxygens (including phenoxy) is 4. The highest BCUT2D eigenvalue weighted by molar-refractivity contribution is 6.39. The molecule has 50 heavy (non-hydrogen) atoms. The molecule has 4 atom stereocenters. The number of rotatable bonds is 7. The van der Waals surface area contributed by atoms with Gasteiger partial charge in [0.15, 0.2) is 17.3 Å². The summed E-state index contributed by atoms with van der Waals surface area (Å²) in [6, 6.07) is 39.1. The maximum atomic E-state index is 16.1. The Labute approximate surface area is 288 Å². The van der Waals surface area contributed by atoms with E-state index in [2.05, 4.69) is 0 Å². The van der Waals surface area contributed by atoms with Gasteiger partial charge in [-0.1, -0.05) is 84.9 Å². The van der Waals surface area contributed by atoms with Gasteiger partial charge in [0, 0.05) is 6.07 Å². The maximum absolute atomic E-state index is 16.1. The number of Topliss-reactive ketones (excluding diaryl/α,β-unsaturated/α-hetero) is 1. The molecule has 2 heterocycles. The predicted octanol–water partition coefficient (Wildman–Crippen LogP) is 6.62. The highest BCUT2D eigenvalue weighted by Crippen LogP contribution is 2.74. The van der Waals surface area contributed by atoms with Gasteiger partial charge in [-0.15, -0.1) is 0 Å². The molecule has 0 unspecified atom stereocenters. The Morgan fingerprint density at radius 2 is 1.04 bits per heavy atom. The third-order valence-corrected chi connectivity index (χ3v) is 10.8. The number of hydrogen-bond acceptors (Lipinski definition) is 7. The van der Waals surface area contributed by atoms with E-state index in [1.165, 1.54) is 4.90 Å². The lowest BCUT2D eigenvalue weighted by atomic mass is 9.59. The van der Waals surface area contributed by atoms with Crippen molar-refractivity contribution in [2.24, 2.45) is 11.8 Å². The quantitative estimate of drug-likeness (QED) is 0.181. The van der Waals surface area contributed by atoms with Crippen LogP contribution in [0.2, 0.25) is 0 Å². The summed E-state index contributed by atoms with van der Waals surface area (Å²) < 4.78 is 22.2. The standard InChI is InChI=1S/C42H31NO7/c1-47-30-18-13-25(14-19-30)34-35(26-15-20-31(48-2)21-16-26)42(28-11-7-4-8-12-28)37-36(41(34,40(42)46)27-9-5-3-6-10-27)38(44)43(39(37)45)29-17-22-32-33(23-29)50-24-49-32/h3-23,36-37H,24H2,1-2H3/t36-,37-,41-,42-/m1/s1. The van der Waals surface area contributed by atoms with Crippen molar-refractivity contribution < 1.29 is 33.3 Å². The molecule has 2 amide bonds. The fourth-order valence-corrected chi connectivity index (χ4v) is 8.92. The van der Waals surface area contributed by atoms with Crippen LogP contribution < -0.4 is 23.8 Å². The second-order valence-electron chi connectivity index (χ2n) is 12.9. The van der Waals surface area contributed by atoms with Crippen LogP contribution in [0.4, 0.5) is 5.69 Å². The minimum absolute atomic E-state index is 0.0506. The van der Waals surface area contributed by atoms with Crippen LogP contribution in [-0.2, 0) is 25.2 Å². The van der Waals surface area contributed by atoms with E-state index in [1.807, 2.05) is 109 Å². The minimum atomic E-state index is -1.52. The number of nitrogens with zero attached hydrogens (tertiary/aromatic N) is 1. The third kappa shape index (κ3) is 3.73. The van der Waals surface area contributed by atoms with E-state index in [4.69, 9.17) is 18.9 Å². The topological polar surface area (TPSA) is 91.4 Å². The fraction of sp³-hybridized carbons (Fsp3) is 0.167. The van der Waals surface area contributed by atoms with Gasteiger partial charge in [0.25, 0.3) is 0 Å². The smallest absolute Gasteiger partial charge is 0.239 e. The molecule has 2 fully saturated rings. The molecule has 0 aromatic heterocycles. The lowest BCUT2D eigenvalue weighted by Gasteiger charge is -2.39. The molecule has 9 rings (SSSR count). The van der Waals surface area contributed by atoms with Crippen LogP contribution in [0.5, 0.6) is 23.0 Å². The number of ketones is 1. The van der Waals surface area contributed by atoms with Crippen molar-refractivity contribution in [2.75, 3.05) is 25.9 Å². The summed E-state index contributed by atoms with van der Waals surface area (Å²) in [6.07, 6.45) is 0. The average molecular weight is 662 g/mol. The largest absolute Gasteiger partial charge is 0.497 e. The van der Waals surface area contributed by atoms with Crippen LogP contribution >= 0.6 is 0 Å². The number of carbonyl (C=O) groups is 3. The van der Waals surface area contributed by atoms with E-state index in [9.17, 15) is 0 Å². The summed E-state index contributed by atoms with van der Waals surface area (Å²) in [5, 5.41) is 0. The van der Waals surface area contributed by atoms with Crippen LogP contribution in [0.3, 0.4) is 0 Å². The summed E-state index contributed by atoms with van der Waals surface area (Å²) in [5.41, 5.74) is 1.53. The summed E-state index contributed by atoms with van der Waals surface area (Å²) in [7, 11) is 3.21. The number of fused-ring (bicyclic) bond motifs is 6. The molecular weight excluding hydrogens is 630 g/mol. The Balaban J connectivity index is 1.41. The van der Waals surface area contributed by atoms with Crippen molar-refractivity contribution in [3.05, 3.63) is 150 Å². The van der Waals surface area contributed by atoms with E-state index < -0.39 is 34.5 Å². The van der Waals surface area contributed by atoms with E-state index in [0.29, 0.717) is 51.0 Å². The minimum Gasteiger partial charge on any atom is -0.497 e. The van der Waals surface area contributed by atoms with Gasteiger partial charge in [-0.25, -0.2) is 4.90 Å². The van der Waals surface area contributed by atoms with Crippen molar-refractivity contribution >= 4 is 34.4 Å². The number of hydrogen-bond donors (Lipinski definition) is 0. The van der Waals surface area contributed by atoms with Crippen molar-refractivity contribution in [2.45, 2.75) is 10.8 Å². The van der Waals surface area contributed by atoms with Gasteiger partial charge in [-0.2, -0.15) is 0 Å². The van der Waals surface area contributed by atoms with Crippen LogP contribution in [0.25, 0.3) is 11.1 Å². The average Bonchev–Trinajstić information content (AvgIpc) is 3.87. The van der Waals surface area contributed by atoms with Crippen LogP contribution in [0, 0.1) is 11.8 Å². The van der Waals surface area contributed by atoms with E-state index >= 15 is 14.4 Å². The predicted molar refractivity (Wildman–Crippen MR) is 186 cm³/mol. The lowest BCUT2D eigenvalue weighted by Crippen LogP contribution is -2.45. The van der Waals surface area contributed by atoms with Gasteiger partial charge in [-0.05, 0) is 69.8 Å². The number of anilines is 1. The lowest BCUT2D eigenvalue weighted by molar-refractivity contribution is -0.130. The van der Waals surface area contributed by atoms with Gasteiger partial charge in [-0.3, -0.25) is 14.4 Å². The SMILES string of the molecule is COc1ccc(C2=C(c3ccc(OC)cc3)[C@@]3(c4ccccc4)C(=O)[C@@]2(c2ccccc2)[C@H]2C(=O)N(c4ccc5c(c4)OCO5)C(=O)[C@@H]23)cc1. The zero-order valence-electron chi connectivity index (χ0n) is 27.3. The zero-order chi connectivity index (χ0) is 34.2. The van der Waals surface area contributed by atoms with Crippen molar-refractivity contribution in [1.82, 2.24) is 0 Å². The molecule has 4 aliphatic rings. The highest BCUT2D eigenvalue weighted by Gasteiger charge is 2.82. The summed E-state index contributed by atoms with van der Waals surface area (Å²) in [6.45, 7) is 0.0506. The molecule has 0 radical (unpaired) electrons. The Morgan fingerprint density at radius 3 is 1.50 bits per heavy atom. The molecule has 1 saturated carbocycles. The highest BCUT2D eigenvalue weighted by atomic mass is 16.7. The van der Waals surface area contributed by atoms with Gasteiger partial charge < -0.3 is 18.9 Å². The first kappa shape index (κ1) is 29.9. The Kier molecular flexibility index (Phi) is 6.55. The van der Waals surface area contributed by atoms with Gasteiger partial charge in [0.2, 0.25) is 18.6 Å². The first-order chi connectivity index (χ1) is 24.5. The molecule has 5 aromatic carbocycles. The number of amides is 2. The van der Waals surface area contributed by atoms with Crippen molar-refractivity contribution in [1.29, 1.82) is 0 Å². The number of carbonyl (C=O) groups excluding carboxylic acids is 3. The van der Waals surface area contributed by atoms with E-state index in [-0.39, 0.29) is 12.6 Å². The number of methoxy groups -OCH3 is 2. The second kappa shape index (κ2) is 10.9. The monoisotopic (exact) mass is 661 g/mol. The van der Waals surface area contributed by atoms with Crippen LogP contribution in [0.1, 0.15) is 22.3 Å². The summed E-state index contributed by atoms with van der Waals surface area (Å²) in [4.78, 5) is 47.8. The normalized spacial score (nSPS) is 24.6. The molecule has 8 nitrogen and oxygen atoms in total. The molecular formula is C42H31NO7. The fourth-order valence-electron chi connectivity index (χ4n) is 8.92. The first-order valence-corrected chi connectivity index (χ1v) is 16.4. The Morgan fingerprint density at radius 1 is 0.580 bits per heavy atom. The summed E-state index contributed by atoms with van der Waals surface area (Å²) in [5.74, 6) is -0.867. The molecule has 5 aromatic rings. The molecule has 246 valence electrons. The molecule has 2 aliphatic carbocycles. The van der Waals surface area contributed by atoms with Crippen molar-refractivity contribution in [3.8, 4) is 23.0 Å². The van der Waals surface area contributed by atoms with Crippen molar-refractivity contribution in [3.63, 3.8) is 0 Å². The van der Waals surface area contributed by atoms with Gasteiger partial charge >= 0.3 is 0 Å². The van der Waals surface area contributed by atoms with Crippen LogP contribution in [0.15, 0.2) is 127 Å². The number of imide groups is 1. The second-order valence-corrected chi connectivity index (χ2v) is 12.9. The van der Waals surface area contributed by atoms with E-state index in [1.54, 1.807) is 32.4 Å².